The van der Waals surface area contributed by atoms with Gasteiger partial charge in [-0.15, -0.1) is 0 Å². The van der Waals surface area contributed by atoms with Gasteiger partial charge in [-0.05, 0) is 48.7 Å². The second kappa shape index (κ2) is 10.8. The van der Waals surface area contributed by atoms with Crippen molar-refractivity contribution in [2.45, 2.75) is 39.5 Å². The highest BCUT2D eigenvalue weighted by atomic mass is 16.5. The van der Waals surface area contributed by atoms with E-state index in [2.05, 4.69) is 12.2 Å². The fourth-order valence-corrected chi connectivity index (χ4v) is 3.72. The van der Waals surface area contributed by atoms with Crippen LogP contribution in [0, 0.1) is 5.92 Å². The van der Waals surface area contributed by atoms with E-state index in [4.69, 9.17) is 14.6 Å². The molecule has 1 aliphatic heterocycles. The van der Waals surface area contributed by atoms with Crippen molar-refractivity contribution < 1.29 is 19.1 Å². The Labute approximate surface area is 189 Å². The second-order valence-electron chi connectivity index (χ2n) is 7.73. The molecule has 170 valence electrons. The Balaban J connectivity index is 1.76. The lowest BCUT2D eigenvalue weighted by atomic mass is 9.89. The summed E-state index contributed by atoms with van der Waals surface area (Å²) in [5, 5.41) is 9.16. The number of hydrogen-bond donors (Lipinski definition) is 1. The molecule has 3 rings (SSSR count). The number of nitrogens with one attached hydrogen (secondary N) is 1. The van der Waals surface area contributed by atoms with Gasteiger partial charge in [0.15, 0.2) is 11.5 Å². The standard InChI is InChI=1S/C25H31N3O4/c1-5-18-16-24(30)28(14-13-17-7-10-20(11-8-17)26-23(29)6-2)27-25(18)19-9-12-21(31-3)22(15-19)32-4/h7-12,15,18H,5-6,13-14,16H2,1-4H3,(H,26,29). The molecule has 0 bridgehead atoms. The molecule has 0 radical (unpaired) electrons. The van der Waals surface area contributed by atoms with E-state index in [9.17, 15) is 9.59 Å². The number of carbonyl (C=O) groups excluding carboxylic acids is 2. The largest absolute Gasteiger partial charge is 0.493 e. The Morgan fingerprint density at radius 3 is 2.44 bits per heavy atom. The Hall–Kier alpha value is -3.35. The summed E-state index contributed by atoms with van der Waals surface area (Å²) in [5.74, 6) is 1.39. The van der Waals surface area contributed by atoms with Crippen molar-refractivity contribution in [3.8, 4) is 11.5 Å². The molecular formula is C25H31N3O4. The Bertz CT molecular complexity index is 985. The number of rotatable bonds is 9. The molecule has 2 amide bonds. The second-order valence-corrected chi connectivity index (χ2v) is 7.73. The lowest BCUT2D eigenvalue weighted by molar-refractivity contribution is -0.132. The number of benzene rings is 2. The summed E-state index contributed by atoms with van der Waals surface area (Å²) >= 11 is 0. The number of ether oxygens (including phenoxy) is 2. The van der Waals surface area contributed by atoms with Gasteiger partial charge in [0.05, 0.1) is 19.9 Å². The highest BCUT2D eigenvalue weighted by molar-refractivity contribution is 6.06. The summed E-state index contributed by atoms with van der Waals surface area (Å²) in [6, 6.07) is 13.4. The smallest absolute Gasteiger partial charge is 0.243 e. The third-order valence-electron chi connectivity index (χ3n) is 5.67. The molecule has 32 heavy (non-hydrogen) atoms. The first-order chi connectivity index (χ1) is 15.5. The van der Waals surface area contributed by atoms with Gasteiger partial charge in [-0.3, -0.25) is 9.59 Å². The van der Waals surface area contributed by atoms with Gasteiger partial charge in [-0.25, -0.2) is 5.01 Å². The van der Waals surface area contributed by atoms with Gasteiger partial charge in [-0.1, -0.05) is 26.0 Å². The predicted molar refractivity (Wildman–Crippen MR) is 125 cm³/mol. The van der Waals surface area contributed by atoms with Crippen molar-refractivity contribution >= 4 is 23.2 Å². The minimum absolute atomic E-state index is 0.0147. The molecule has 1 aliphatic rings. The number of carbonyl (C=O) groups is 2. The van der Waals surface area contributed by atoms with Crippen molar-refractivity contribution in [2.24, 2.45) is 11.0 Å². The summed E-state index contributed by atoms with van der Waals surface area (Å²) in [6.45, 7) is 4.38. The lowest BCUT2D eigenvalue weighted by Gasteiger charge is -2.29. The van der Waals surface area contributed by atoms with Gasteiger partial charge in [0.2, 0.25) is 11.8 Å². The number of hydrogen-bond acceptors (Lipinski definition) is 5. The molecule has 0 saturated heterocycles. The van der Waals surface area contributed by atoms with E-state index in [0.717, 1.165) is 28.9 Å². The van der Waals surface area contributed by atoms with Crippen molar-refractivity contribution in [1.29, 1.82) is 0 Å². The van der Waals surface area contributed by atoms with Crippen molar-refractivity contribution in [2.75, 3.05) is 26.1 Å². The number of nitrogens with zero attached hydrogens (tertiary/aromatic N) is 2. The molecule has 1 N–H and O–H groups in total. The molecule has 7 nitrogen and oxygen atoms in total. The van der Waals surface area contributed by atoms with Crippen LogP contribution in [0.5, 0.6) is 11.5 Å². The van der Waals surface area contributed by atoms with Crippen molar-refractivity contribution in [3.05, 3.63) is 53.6 Å². The predicted octanol–water partition coefficient (Wildman–Crippen LogP) is 4.26. The molecule has 0 aromatic heterocycles. The van der Waals surface area contributed by atoms with Crippen LogP contribution in [-0.4, -0.2) is 43.3 Å². The highest BCUT2D eigenvalue weighted by Gasteiger charge is 2.29. The molecule has 0 saturated carbocycles. The maximum atomic E-state index is 12.7. The fourth-order valence-electron chi connectivity index (χ4n) is 3.72. The van der Waals surface area contributed by atoms with E-state index < -0.39 is 0 Å². The molecule has 1 atom stereocenters. The molecule has 2 aromatic carbocycles. The first-order valence-corrected chi connectivity index (χ1v) is 11.0. The van der Waals surface area contributed by atoms with Crippen LogP contribution in [0.25, 0.3) is 0 Å². The summed E-state index contributed by atoms with van der Waals surface area (Å²) in [7, 11) is 3.21. The average molecular weight is 438 g/mol. The number of hydrazone groups is 1. The van der Waals surface area contributed by atoms with E-state index in [-0.39, 0.29) is 17.7 Å². The quantitative estimate of drug-likeness (QED) is 0.636. The van der Waals surface area contributed by atoms with Gasteiger partial charge >= 0.3 is 0 Å². The van der Waals surface area contributed by atoms with Gasteiger partial charge in [0.25, 0.3) is 0 Å². The third kappa shape index (κ3) is 5.46. The van der Waals surface area contributed by atoms with Crippen LogP contribution in [0.4, 0.5) is 5.69 Å². The molecule has 1 unspecified atom stereocenters. The zero-order valence-corrected chi connectivity index (χ0v) is 19.2. The first kappa shape index (κ1) is 23.3. The normalized spacial score (nSPS) is 15.9. The minimum Gasteiger partial charge on any atom is -0.493 e. The van der Waals surface area contributed by atoms with E-state index >= 15 is 0 Å². The monoisotopic (exact) mass is 437 g/mol. The summed E-state index contributed by atoms with van der Waals surface area (Å²) in [4.78, 5) is 24.2. The van der Waals surface area contributed by atoms with Crippen LogP contribution in [-0.2, 0) is 16.0 Å². The van der Waals surface area contributed by atoms with Gasteiger partial charge in [0, 0.05) is 36.6 Å². The van der Waals surface area contributed by atoms with Crippen molar-refractivity contribution in [1.82, 2.24) is 5.01 Å². The van der Waals surface area contributed by atoms with Gasteiger partial charge in [-0.2, -0.15) is 5.10 Å². The Kier molecular flexibility index (Phi) is 7.87. The summed E-state index contributed by atoms with van der Waals surface area (Å²) < 4.78 is 10.8. The maximum absolute atomic E-state index is 12.7. The minimum atomic E-state index is -0.0147. The van der Waals surface area contributed by atoms with E-state index in [0.29, 0.717) is 37.3 Å². The lowest BCUT2D eigenvalue weighted by Crippen LogP contribution is -2.38. The van der Waals surface area contributed by atoms with Crippen LogP contribution < -0.4 is 14.8 Å². The highest BCUT2D eigenvalue weighted by Crippen LogP contribution is 2.31. The summed E-state index contributed by atoms with van der Waals surface area (Å²) in [5.41, 5.74) is 3.68. The number of methoxy groups -OCH3 is 2. The first-order valence-electron chi connectivity index (χ1n) is 11.0. The molecule has 0 aliphatic carbocycles. The molecule has 0 fully saturated rings. The fraction of sp³-hybridized carbons (Fsp3) is 0.400. The van der Waals surface area contributed by atoms with Crippen LogP contribution >= 0.6 is 0 Å². The molecule has 0 spiro atoms. The van der Waals surface area contributed by atoms with E-state index in [1.165, 1.54) is 0 Å². The average Bonchev–Trinajstić information content (AvgIpc) is 2.83. The number of anilines is 1. The zero-order chi connectivity index (χ0) is 23.1. The molecule has 7 heteroatoms. The Morgan fingerprint density at radius 2 is 1.81 bits per heavy atom. The molecule has 2 aromatic rings. The van der Waals surface area contributed by atoms with E-state index in [1.54, 1.807) is 19.2 Å². The van der Waals surface area contributed by atoms with Gasteiger partial charge in [0.1, 0.15) is 0 Å². The van der Waals surface area contributed by atoms with E-state index in [1.807, 2.05) is 49.4 Å². The molecular weight excluding hydrogens is 406 g/mol. The van der Waals surface area contributed by atoms with Crippen LogP contribution in [0.2, 0.25) is 0 Å². The SMILES string of the molecule is CCC(=O)Nc1ccc(CCN2N=C(c3ccc(OC)c(OC)c3)C(CC)CC2=O)cc1. The van der Waals surface area contributed by atoms with Crippen LogP contribution in [0.15, 0.2) is 47.6 Å². The van der Waals surface area contributed by atoms with Crippen LogP contribution in [0.1, 0.15) is 44.2 Å². The van der Waals surface area contributed by atoms with Gasteiger partial charge < -0.3 is 14.8 Å². The van der Waals surface area contributed by atoms with Crippen LogP contribution in [0.3, 0.4) is 0 Å². The Morgan fingerprint density at radius 1 is 1.09 bits per heavy atom. The van der Waals surface area contributed by atoms with Crippen molar-refractivity contribution in [3.63, 3.8) is 0 Å². The zero-order valence-electron chi connectivity index (χ0n) is 19.2. The molecule has 1 heterocycles. The topological polar surface area (TPSA) is 80.2 Å². The number of amides is 2. The summed E-state index contributed by atoms with van der Waals surface area (Å²) in [6.07, 6.45) is 2.38. The third-order valence-corrected chi connectivity index (χ3v) is 5.67. The maximum Gasteiger partial charge on any atom is 0.243 e.